The molecule has 0 aromatic heterocycles. The molecule has 0 fully saturated rings. The van der Waals surface area contributed by atoms with Crippen LogP contribution in [-0.2, 0) is 0 Å². The van der Waals surface area contributed by atoms with Gasteiger partial charge in [0.25, 0.3) is 11.4 Å². The number of hydrogen-bond acceptors (Lipinski definition) is 3. The largest absolute Gasteiger partial charge is 0.270 e. The third-order valence-corrected chi connectivity index (χ3v) is 7.59. The Morgan fingerprint density at radius 2 is 1.07 bits per heavy atom. The maximum Gasteiger partial charge on any atom is 0.270 e. The van der Waals surface area contributed by atoms with Crippen molar-refractivity contribution in [3.05, 3.63) is 158 Å². The van der Waals surface area contributed by atoms with Crippen LogP contribution in [0.5, 0.6) is 0 Å². The third kappa shape index (κ3) is 3.79. The van der Waals surface area contributed by atoms with Gasteiger partial charge in [0.2, 0.25) is 0 Å². The second-order valence-electron chi connectivity index (χ2n) is 9.68. The summed E-state index contributed by atoms with van der Waals surface area (Å²) >= 11 is 0. The van der Waals surface area contributed by atoms with E-state index in [1.165, 1.54) is 24.3 Å². The van der Waals surface area contributed by atoms with Crippen LogP contribution < -0.4 is 0 Å². The summed E-state index contributed by atoms with van der Waals surface area (Å²) in [7, 11) is 0. The Morgan fingerprint density at radius 3 is 1.48 bits per heavy atom. The first-order valence-electron chi connectivity index (χ1n) is 12.9. The van der Waals surface area contributed by atoms with Gasteiger partial charge >= 0.3 is 0 Å². The van der Waals surface area contributed by atoms with Crippen LogP contribution in [0.4, 0.5) is 14.5 Å². The van der Waals surface area contributed by atoms with Crippen molar-refractivity contribution >= 4 is 28.0 Å². The topological polar surface area (TPSA) is 84.5 Å². The number of rotatable bonds is 2. The first-order valence-corrected chi connectivity index (χ1v) is 12.9. The average Bonchev–Trinajstić information content (AvgIpc) is 3.55. The zero-order chi connectivity index (χ0) is 31.1. The molecule has 0 amide bonds. The minimum atomic E-state index is -0.683. The second kappa shape index (κ2) is 10.4. The number of hydrogen-bond donors (Lipinski definition) is 0. The van der Waals surface area contributed by atoms with Crippen LogP contribution in [-0.4, -0.2) is 0 Å². The third-order valence-electron chi connectivity index (χ3n) is 7.59. The maximum atomic E-state index is 15.5. The van der Waals surface area contributed by atoms with Crippen LogP contribution in [0.1, 0.15) is 27.8 Å². The number of fused-ring (bicyclic) bond motifs is 4. The van der Waals surface area contributed by atoms with Crippen LogP contribution in [0.25, 0.3) is 59.1 Å². The summed E-state index contributed by atoms with van der Waals surface area (Å²) in [4.78, 5) is 10.3. The molecule has 0 unspecified atom stereocenters. The molecule has 0 radical (unpaired) electrons. The Hall–Kier alpha value is -7.10. The lowest BCUT2D eigenvalue weighted by atomic mass is 9.85. The van der Waals surface area contributed by atoms with E-state index in [0.29, 0.717) is 44.5 Å². The van der Waals surface area contributed by atoms with Gasteiger partial charge in [-0.1, -0.05) is 54.6 Å². The van der Waals surface area contributed by atoms with Gasteiger partial charge in [-0.3, -0.25) is 0 Å². The lowest BCUT2D eigenvalue weighted by Gasteiger charge is -2.18. The van der Waals surface area contributed by atoms with Gasteiger partial charge in [0.05, 0.1) is 43.5 Å². The molecule has 44 heavy (non-hydrogen) atoms. The summed E-state index contributed by atoms with van der Waals surface area (Å²) in [6, 6.07) is 23.8. The Labute approximate surface area is 250 Å². The van der Waals surface area contributed by atoms with E-state index in [1.54, 1.807) is 36.4 Å². The van der Waals surface area contributed by atoms with Gasteiger partial charge in [0.1, 0.15) is 11.6 Å². The van der Waals surface area contributed by atoms with Crippen LogP contribution in [0.15, 0.2) is 84.2 Å². The quantitative estimate of drug-likeness (QED) is 0.179. The summed E-state index contributed by atoms with van der Waals surface area (Å²) in [5.74, 6) is -1.36. The molecule has 4 aromatic rings. The van der Waals surface area contributed by atoms with Crippen molar-refractivity contribution in [1.29, 1.82) is 15.8 Å². The summed E-state index contributed by atoms with van der Waals surface area (Å²) in [5.41, 5.74) is 3.39. The summed E-state index contributed by atoms with van der Waals surface area (Å²) < 4.78 is 31.0. The van der Waals surface area contributed by atoms with E-state index in [4.69, 9.17) is 19.7 Å². The van der Waals surface area contributed by atoms with E-state index < -0.39 is 11.6 Å². The Morgan fingerprint density at radius 1 is 0.591 bits per heavy atom. The normalized spacial score (nSPS) is 14.5. The molecule has 200 valence electrons. The highest BCUT2D eigenvalue weighted by atomic mass is 19.1. The van der Waals surface area contributed by atoms with Crippen LogP contribution >= 0.6 is 0 Å². The predicted octanol–water partition coefficient (Wildman–Crippen LogP) is 8.97. The molecular formula is C36H12F2N6. The van der Waals surface area contributed by atoms with Gasteiger partial charge in [0.15, 0.2) is 5.69 Å². The summed E-state index contributed by atoms with van der Waals surface area (Å²) in [6.45, 7) is 22.9. The first-order chi connectivity index (χ1) is 21.4. The van der Waals surface area contributed by atoms with Crippen molar-refractivity contribution < 1.29 is 8.78 Å². The molecule has 8 heteroatoms. The lowest BCUT2D eigenvalue weighted by Crippen LogP contribution is -1.99. The molecule has 0 N–H and O–H groups in total. The standard InChI is InChI=1S/C36H12F2N6/c1-42-20-11-13-22(28(38)15-20)24-7-5-9-26-32(24)36-33(29(17-40)43-2)25-8-4-6-23(21-12-10-19(16-39)14-27(21)37)31(25)35(36)34(26)30(18-41)44-3/h4-15H/b33-29+,34-30-. The SMILES string of the molecule is [C-]#[N+]/C(C#N)=C1C2=C(/C(=C(\C#N)[N+]#[C-])c3cccc(-c4ccc(C#N)cc4F)c32)c2c\1cccc2-c1ccc([N+]#[C-])cc1F. The minimum absolute atomic E-state index is 0.0989. The van der Waals surface area contributed by atoms with Crippen LogP contribution in [0.2, 0.25) is 0 Å². The van der Waals surface area contributed by atoms with Gasteiger partial charge in [0, 0.05) is 22.3 Å². The molecule has 2 aliphatic carbocycles. The van der Waals surface area contributed by atoms with E-state index >= 15 is 8.78 Å². The number of benzene rings is 4. The zero-order valence-electron chi connectivity index (χ0n) is 22.4. The fourth-order valence-corrected chi connectivity index (χ4v) is 5.89. The van der Waals surface area contributed by atoms with E-state index in [0.717, 1.165) is 12.1 Å². The molecule has 0 spiro atoms. The molecule has 0 saturated heterocycles. The number of allylic oxidation sites excluding steroid dienone is 6. The Kier molecular flexibility index (Phi) is 6.39. The molecule has 6 rings (SSSR count). The van der Waals surface area contributed by atoms with Crippen molar-refractivity contribution in [2.75, 3.05) is 0 Å². The molecule has 0 aliphatic heterocycles. The number of nitriles is 3. The summed E-state index contributed by atoms with van der Waals surface area (Å²) in [5, 5.41) is 29.5. The monoisotopic (exact) mass is 566 g/mol. The van der Waals surface area contributed by atoms with Crippen molar-refractivity contribution in [2.45, 2.75) is 0 Å². The van der Waals surface area contributed by atoms with Gasteiger partial charge in [-0.15, -0.1) is 0 Å². The molecule has 4 aromatic carbocycles. The second-order valence-corrected chi connectivity index (χ2v) is 9.68. The smallest absolute Gasteiger partial charge is 0.238 e. The van der Waals surface area contributed by atoms with Gasteiger partial charge in [-0.25, -0.2) is 33.8 Å². The maximum absolute atomic E-state index is 15.5. The fourth-order valence-electron chi connectivity index (χ4n) is 5.89. The molecule has 0 heterocycles. The summed E-state index contributed by atoms with van der Waals surface area (Å²) in [6.07, 6.45) is 0. The molecule has 0 saturated carbocycles. The minimum Gasteiger partial charge on any atom is -0.238 e. The lowest BCUT2D eigenvalue weighted by molar-refractivity contribution is 0.630. The Balaban J connectivity index is 1.82. The van der Waals surface area contributed by atoms with Crippen LogP contribution in [0.3, 0.4) is 0 Å². The van der Waals surface area contributed by atoms with E-state index in [2.05, 4.69) is 14.5 Å². The average molecular weight is 567 g/mol. The van der Waals surface area contributed by atoms with Gasteiger partial charge < -0.3 is 0 Å². The van der Waals surface area contributed by atoms with E-state index in [1.807, 2.05) is 18.2 Å². The molecular weight excluding hydrogens is 554 g/mol. The van der Waals surface area contributed by atoms with Crippen molar-refractivity contribution in [2.24, 2.45) is 0 Å². The van der Waals surface area contributed by atoms with Gasteiger partial charge in [-0.05, 0) is 62.7 Å². The highest BCUT2D eigenvalue weighted by Gasteiger charge is 2.42. The zero-order valence-corrected chi connectivity index (χ0v) is 22.4. The fraction of sp³-hybridized carbons (Fsp3) is 0. The van der Waals surface area contributed by atoms with Crippen molar-refractivity contribution in [3.63, 3.8) is 0 Å². The van der Waals surface area contributed by atoms with Crippen molar-refractivity contribution in [3.8, 4) is 40.5 Å². The van der Waals surface area contributed by atoms with Gasteiger partial charge in [-0.2, -0.15) is 5.26 Å². The molecule has 6 nitrogen and oxygen atoms in total. The molecule has 2 aliphatic rings. The molecule has 0 bridgehead atoms. The highest BCUT2D eigenvalue weighted by molar-refractivity contribution is 6.39. The van der Waals surface area contributed by atoms with E-state index in [-0.39, 0.29) is 44.9 Å². The molecule has 0 atom stereocenters. The Bertz CT molecular complexity index is 2170. The highest BCUT2D eigenvalue weighted by Crippen LogP contribution is 2.62. The van der Waals surface area contributed by atoms with Crippen molar-refractivity contribution in [1.82, 2.24) is 0 Å². The number of halogens is 2. The predicted molar refractivity (Wildman–Crippen MR) is 160 cm³/mol. The first kappa shape index (κ1) is 27.1. The number of nitrogens with zero attached hydrogens (tertiary/aromatic N) is 6. The van der Waals surface area contributed by atoms with E-state index in [9.17, 15) is 15.8 Å². The van der Waals surface area contributed by atoms with Crippen LogP contribution in [0, 0.1) is 65.3 Å².